The van der Waals surface area contributed by atoms with Gasteiger partial charge < -0.3 is 5.11 Å². The lowest BCUT2D eigenvalue weighted by Gasteiger charge is -2.38. The minimum atomic E-state index is -0.693. The van der Waals surface area contributed by atoms with Crippen LogP contribution < -0.4 is 0 Å². The maximum atomic E-state index is 12.0. The second-order valence-corrected chi connectivity index (χ2v) is 8.95. The van der Waals surface area contributed by atoms with Crippen molar-refractivity contribution in [2.45, 2.75) is 44.7 Å². The molecule has 0 aliphatic carbocycles. The first-order chi connectivity index (χ1) is 12.7. The molecule has 1 aromatic carbocycles. The molecule has 3 nitrogen and oxygen atoms in total. The molecule has 0 bridgehead atoms. The van der Waals surface area contributed by atoms with Gasteiger partial charge in [0, 0.05) is 14.5 Å². The van der Waals surface area contributed by atoms with Gasteiger partial charge in [0.05, 0.1) is 6.04 Å². The summed E-state index contributed by atoms with van der Waals surface area (Å²) in [5.74, 6) is -0.693. The lowest BCUT2D eigenvalue weighted by atomic mass is 9.95. The van der Waals surface area contributed by atoms with E-state index in [1.165, 1.54) is 25.4 Å². The van der Waals surface area contributed by atoms with E-state index in [9.17, 15) is 9.90 Å². The quantitative estimate of drug-likeness (QED) is 0.626. The Morgan fingerprint density at radius 1 is 1.27 bits per heavy atom. The highest BCUT2D eigenvalue weighted by Crippen LogP contribution is 2.42. The number of thiophene rings is 2. The van der Waals surface area contributed by atoms with Gasteiger partial charge in [-0.2, -0.15) is 0 Å². The fourth-order valence-corrected chi connectivity index (χ4v) is 6.04. The maximum Gasteiger partial charge on any atom is 0.320 e. The molecule has 1 fully saturated rings. The van der Waals surface area contributed by atoms with Gasteiger partial charge in [0.15, 0.2) is 0 Å². The maximum absolute atomic E-state index is 12.0. The molecule has 26 heavy (non-hydrogen) atoms. The third-order valence-electron chi connectivity index (χ3n) is 5.27. The van der Waals surface area contributed by atoms with Crippen LogP contribution >= 0.6 is 22.7 Å². The minimum absolute atomic E-state index is 0.0258. The van der Waals surface area contributed by atoms with Crippen LogP contribution in [0.4, 0.5) is 0 Å². The number of likely N-dealkylation sites (tertiary alicyclic amines) is 1. The van der Waals surface area contributed by atoms with Crippen molar-refractivity contribution in [3.8, 4) is 0 Å². The predicted octanol–water partition coefficient (Wildman–Crippen LogP) is 5.55. The highest BCUT2D eigenvalue weighted by molar-refractivity contribution is 7.17. The Hall–Kier alpha value is -1.69. The van der Waals surface area contributed by atoms with E-state index in [0.717, 1.165) is 32.2 Å². The van der Waals surface area contributed by atoms with Crippen molar-refractivity contribution < 1.29 is 9.90 Å². The molecule has 1 N–H and O–H groups in total. The summed E-state index contributed by atoms with van der Waals surface area (Å²) in [5, 5.41) is 13.3. The summed E-state index contributed by atoms with van der Waals surface area (Å²) in [6, 6.07) is 12.5. The molecule has 0 amide bonds. The first-order valence-electron chi connectivity index (χ1n) is 9.22. The van der Waals surface area contributed by atoms with Crippen LogP contribution in [0.1, 0.15) is 47.5 Å². The van der Waals surface area contributed by atoms with Crippen LogP contribution in [0.15, 0.2) is 41.8 Å². The SMILES string of the molecule is CCc1ccc(C(c2csc3ccccc23)N2CCCCC2C(=O)O)s1. The van der Waals surface area contributed by atoms with Gasteiger partial charge in [-0.3, -0.25) is 9.69 Å². The van der Waals surface area contributed by atoms with E-state index in [4.69, 9.17) is 0 Å². The van der Waals surface area contributed by atoms with Gasteiger partial charge in [-0.05, 0) is 60.3 Å². The van der Waals surface area contributed by atoms with Crippen molar-refractivity contribution in [1.29, 1.82) is 0 Å². The Morgan fingerprint density at radius 2 is 2.12 bits per heavy atom. The lowest BCUT2D eigenvalue weighted by molar-refractivity contribution is -0.145. The summed E-state index contributed by atoms with van der Waals surface area (Å²) >= 11 is 3.58. The predicted molar refractivity (Wildman–Crippen MR) is 109 cm³/mol. The van der Waals surface area contributed by atoms with Gasteiger partial charge in [-0.25, -0.2) is 0 Å². The zero-order chi connectivity index (χ0) is 18.1. The van der Waals surface area contributed by atoms with Crippen molar-refractivity contribution in [2.75, 3.05) is 6.54 Å². The summed E-state index contributed by atoms with van der Waals surface area (Å²) in [4.78, 5) is 16.8. The molecule has 1 saturated heterocycles. The van der Waals surface area contributed by atoms with Crippen molar-refractivity contribution in [3.63, 3.8) is 0 Å². The van der Waals surface area contributed by atoms with Crippen molar-refractivity contribution in [2.24, 2.45) is 0 Å². The molecule has 4 rings (SSSR count). The number of aliphatic carboxylic acids is 1. The number of piperidine rings is 1. The molecule has 2 atom stereocenters. The zero-order valence-electron chi connectivity index (χ0n) is 14.9. The summed E-state index contributed by atoms with van der Waals surface area (Å²) in [7, 11) is 0. The Morgan fingerprint density at radius 3 is 2.88 bits per heavy atom. The summed E-state index contributed by atoms with van der Waals surface area (Å²) < 4.78 is 1.27. The Labute approximate surface area is 161 Å². The summed E-state index contributed by atoms with van der Waals surface area (Å²) in [6.07, 6.45) is 3.81. The van der Waals surface area contributed by atoms with Gasteiger partial charge in [0.25, 0.3) is 0 Å². The second-order valence-electron chi connectivity index (χ2n) is 6.84. The monoisotopic (exact) mass is 385 g/mol. The Bertz CT molecular complexity index is 914. The van der Waals surface area contributed by atoms with Crippen molar-refractivity contribution >= 4 is 38.7 Å². The summed E-state index contributed by atoms with van der Waals surface area (Å²) in [6.45, 7) is 3.01. The van der Waals surface area contributed by atoms with Crippen LogP contribution in [0.25, 0.3) is 10.1 Å². The molecule has 5 heteroatoms. The number of benzene rings is 1. The van der Waals surface area contributed by atoms with Crippen LogP contribution in [0.2, 0.25) is 0 Å². The molecule has 0 spiro atoms. The van der Waals surface area contributed by atoms with E-state index in [1.807, 2.05) is 11.3 Å². The number of rotatable bonds is 5. The molecule has 136 valence electrons. The van der Waals surface area contributed by atoms with Crippen LogP contribution in [0, 0.1) is 0 Å². The number of carbonyl (C=O) groups is 1. The van der Waals surface area contributed by atoms with Gasteiger partial charge in [0.2, 0.25) is 0 Å². The van der Waals surface area contributed by atoms with Gasteiger partial charge in [-0.1, -0.05) is 31.5 Å². The van der Waals surface area contributed by atoms with Crippen LogP contribution in [-0.4, -0.2) is 28.6 Å². The lowest BCUT2D eigenvalue weighted by Crippen LogP contribution is -2.46. The zero-order valence-corrected chi connectivity index (χ0v) is 16.5. The highest BCUT2D eigenvalue weighted by Gasteiger charge is 2.36. The highest BCUT2D eigenvalue weighted by atomic mass is 32.1. The van der Waals surface area contributed by atoms with Crippen LogP contribution in [-0.2, 0) is 11.2 Å². The first-order valence-corrected chi connectivity index (χ1v) is 10.9. The third kappa shape index (κ3) is 3.20. The molecule has 2 unspecified atom stereocenters. The average Bonchev–Trinajstić information content (AvgIpc) is 3.30. The number of aryl methyl sites for hydroxylation is 1. The average molecular weight is 386 g/mol. The number of carboxylic acid groups (broad SMARTS) is 1. The van der Waals surface area contributed by atoms with Crippen molar-refractivity contribution in [3.05, 3.63) is 57.1 Å². The summed E-state index contributed by atoms with van der Waals surface area (Å²) in [5.41, 5.74) is 1.25. The molecule has 0 radical (unpaired) electrons. The fourth-order valence-electron chi connectivity index (χ4n) is 3.97. The van der Waals surface area contributed by atoms with E-state index < -0.39 is 12.0 Å². The van der Waals surface area contributed by atoms with E-state index >= 15 is 0 Å². The first kappa shape index (κ1) is 17.7. The Balaban J connectivity index is 1.85. The molecule has 1 aliphatic rings. The molecule has 3 aromatic rings. The minimum Gasteiger partial charge on any atom is -0.480 e. The van der Waals surface area contributed by atoms with Gasteiger partial charge in [0.1, 0.15) is 6.04 Å². The van der Waals surface area contributed by atoms with Crippen LogP contribution in [0.3, 0.4) is 0 Å². The number of fused-ring (bicyclic) bond motifs is 1. The molecule has 1 aliphatic heterocycles. The van der Waals surface area contributed by atoms with Crippen molar-refractivity contribution in [1.82, 2.24) is 4.90 Å². The van der Waals surface area contributed by atoms with E-state index in [1.54, 1.807) is 11.3 Å². The van der Waals surface area contributed by atoms with E-state index in [-0.39, 0.29) is 6.04 Å². The molecular weight excluding hydrogens is 362 g/mol. The van der Waals surface area contributed by atoms with Crippen LogP contribution in [0.5, 0.6) is 0 Å². The smallest absolute Gasteiger partial charge is 0.320 e. The van der Waals surface area contributed by atoms with E-state index in [2.05, 4.69) is 53.6 Å². The largest absolute Gasteiger partial charge is 0.480 e. The standard InChI is InChI=1S/C21H23NO2S2/c1-2-14-10-11-19(26-14)20(22-12-6-5-8-17(22)21(23)24)16-13-25-18-9-4-3-7-15(16)18/h3-4,7,9-11,13,17,20H,2,5-6,8,12H2,1H3,(H,23,24). The topological polar surface area (TPSA) is 40.5 Å². The van der Waals surface area contributed by atoms with Gasteiger partial charge >= 0.3 is 5.97 Å². The van der Waals surface area contributed by atoms with E-state index in [0.29, 0.717) is 0 Å². The number of nitrogens with zero attached hydrogens (tertiary/aromatic N) is 1. The normalized spacial score (nSPS) is 19.7. The molecule has 3 heterocycles. The number of hydrogen-bond donors (Lipinski definition) is 1. The second kappa shape index (κ2) is 7.51. The molecular formula is C21H23NO2S2. The fraction of sp³-hybridized carbons (Fsp3) is 0.381. The van der Waals surface area contributed by atoms with Gasteiger partial charge in [-0.15, -0.1) is 22.7 Å². The number of carboxylic acids is 1. The molecule has 2 aromatic heterocycles. The third-order valence-corrected chi connectivity index (χ3v) is 7.53. The Kier molecular flexibility index (Phi) is 5.11. The number of hydrogen-bond acceptors (Lipinski definition) is 4. The molecule has 0 saturated carbocycles.